The highest BCUT2D eigenvalue weighted by molar-refractivity contribution is 5.86. The topological polar surface area (TPSA) is 114 Å². The van der Waals surface area contributed by atoms with Gasteiger partial charge in [-0.05, 0) is 98.3 Å². The maximum atomic E-state index is 14.4. The molecule has 2 atom stereocenters. The average Bonchev–Trinajstić information content (AvgIpc) is 3.88. The zero-order chi connectivity index (χ0) is 41.0. The van der Waals surface area contributed by atoms with Crippen LogP contribution in [0.1, 0.15) is 47.6 Å². The van der Waals surface area contributed by atoms with Crippen molar-refractivity contribution in [1.29, 1.82) is 0 Å². The molecule has 4 aromatic carbocycles. The van der Waals surface area contributed by atoms with Gasteiger partial charge in [0.05, 0.1) is 6.10 Å². The second-order valence-electron chi connectivity index (χ2n) is 14.8. The molecular weight excluding hydrogens is 770 g/mol. The number of aromatic nitrogens is 2. The number of fused-ring (bicyclic) bond motifs is 2. The van der Waals surface area contributed by atoms with Gasteiger partial charge in [-0.15, -0.1) is 0 Å². The first-order valence-electron chi connectivity index (χ1n) is 18.7. The minimum Gasteiger partial charge on any atom is -0.480 e. The van der Waals surface area contributed by atoms with Crippen molar-refractivity contribution in [2.24, 2.45) is 0 Å². The van der Waals surface area contributed by atoms with Crippen molar-refractivity contribution in [2.45, 2.75) is 78.0 Å². The number of likely N-dealkylation sites (tertiary alicyclic amines) is 2. The summed E-state index contributed by atoms with van der Waals surface area (Å²) in [6, 6.07) is 15.6. The van der Waals surface area contributed by atoms with Crippen LogP contribution in [0.15, 0.2) is 69.5 Å². The zero-order valence-corrected chi connectivity index (χ0v) is 31.6. The summed E-state index contributed by atoms with van der Waals surface area (Å²) < 4.78 is 105. The van der Waals surface area contributed by atoms with Gasteiger partial charge in [-0.3, -0.25) is 14.6 Å². The van der Waals surface area contributed by atoms with Gasteiger partial charge < -0.3 is 23.4 Å². The van der Waals surface area contributed by atoms with Gasteiger partial charge >= 0.3 is 18.8 Å². The van der Waals surface area contributed by atoms with Crippen molar-refractivity contribution >= 4 is 28.2 Å². The van der Waals surface area contributed by atoms with Crippen LogP contribution in [0.25, 0.3) is 56.2 Å². The molecule has 2 fully saturated rings. The number of halogens is 6. The van der Waals surface area contributed by atoms with Gasteiger partial charge in [0.15, 0.2) is 17.5 Å². The number of oxazole rings is 2. The van der Waals surface area contributed by atoms with Crippen molar-refractivity contribution in [2.75, 3.05) is 19.6 Å². The molecule has 10 nitrogen and oxygen atoms in total. The fourth-order valence-electron chi connectivity index (χ4n) is 8.04. The number of hydrogen-bond donors (Lipinski definition) is 1. The van der Waals surface area contributed by atoms with E-state index >= 15 is 0 Å². The number of nitrogens with zero attached hydrogens (tertiary/aromatic N) is 4. The second kappa shape index (κ2) is 15.4. The van der Waals surface area contributed by atoms with E-state index < -0.39 is 36.7 Å². The second-order valence-corrected chi connectivity index (χ2v) is 14.8. The molecule has 0 radical (unpaired) electrons. The summed E-state index contributed by atoms with van der Waals surface area (Å²) in [5, 5.41) is 9.65. The van der Waals surface area contributed by atoms with Crippen LogP contribution < -0.4 is 4.74 Å². The van der Waals surface area contributed by atoms with Crippen molar-refractivity contribution in [1.82, 2.24) is 19.8 Å². The monoisotopic (exact) mass is 808 g/mol. The van der Waals surface area contributed by atoms with Crippen molar-refractivity contribution in [3.8, 4) is 39.8 Å². The normalized spacial score (nSPS) is 17.4. The number of carboxylic acids is 1. The Kier molecular flexibility index (Phi) is 10.4. The third-order valence-corrected chi connectivity index (χ3v) is 10.8. The Balaban J connectivity index is 1.11. The SMILES string of the molecule is Cc1c(-c2nc3cc(CN4CCC[C@H]4C(=O)O)c(OC(F)F)cc3o2)cccc1-c1cccc(-c2nc3cc(CN4CC(OC(C)F)C4)cc(C(F)(F)F)c3o2)c1C. The highest BCUT2D eigenvalue weighted by Gasteiger charge is 2.37. The molecule has 8 rings (SSSR count). The molecule has 0 aliphatic carbocycles. The van der Waals surface area contributed by atoms with E-state index in [0.717, 1.165) is 22.8 Å². The van der Waals surface area contributed by atoms with Crippen LogP contribution in [-0.2, 0) is 28.8 Å². The third kappa shape index (κ3) is 7.75. The van der Waals surface area contributed by atoms with Crippen LogP contribution in [0.5, 0.6) is 5.75 Å². The molecule has 2 aliphatic rings. The minimum absolute atomic E-state index is 0.0142. The van der Waals surface area contributed by atoms with E-state index in [1.807, 2.05) is 30.9 Å². The Labute approximate surface area is 328 Å². The molecule has 0 spiro atoms. The lowest BCUT2D eigenvalue weighted by Crippen LogP contribution is -2.52. The predicted octanol–water partition coefficient (Wildman–Crippen LogP) is 9.77. The Morgan fingerprint density at radius 3 is 2.16 bits per heavy atom. The quantitative estimate of drug-likeness (QED) is 0.120. The first kappa shape index (κ1) is 39.4. The van der Waals surface area contributed by atoms with E-state index in [1.165, 1.54) is 13.0 Å². The standard InChI is InChI=1S/C42H38F6N4O6/c1-21-27(7-4-9-29(21)38-49-32-15-25(18-52-12-6-11-34(52)40(53)54)35(57-41(44)45)16-36(32)56-38)28-8-5-10-30(22(28)2)39-50-33-14-24(13-31(37(33)58-39)42(46,47)48)17-51-19-26(20-51)55-23(3)43/h4-5,7-10,13-16,23,26,34,41H,6,11-12,17-20H2,1-3H3,(H,53,54)/t23?,34-/m0/s1. The first-order valence-corrected chi connectivity index (χ1v) is 18.7. The molecule has 58 heavy (non-hydrogen) atoms. The number of carbonyl (C=O) groups is 1. The molecule has 1 N–H and O–H groups in total. The van der Waals surface area contributed by atoms with E-state index in [9.17, 15) is 36.2 Å². The Hall–Kier alpha value is -5.45. The van der Waals surface area contributed by atoms with Crippen molar-refractivity contribution in [3.63, 3.8) is 0 Å². The van der Waals surface area contributed by atoms with Crippen LogP contribution >= 0.6 is 0 Å². The van der Waals surface area contributed by atoms with Gasteiger partial charge in [0.25, 0.3) is 0 Å². The van der Waals surface area contributed by atoms with Gasteiger partial charge in [-0.2, -0.15) is 22.0 Å². The fraction of sp³-hybridized carbons (Fsp3) is 0.357. The lowest BCUT2D eigenvalue weighted by atomic mass is 9.91. The molecule has 0 saturated carbocycles. The number of alkyl halides is 6. The molecule has 2 aromatic heterocycles. The van der Waals surface area contributed by atoms with Crippen molar-refractivity contribution in [3.05, 3.63) is 88.5 Å². The molecule has 2 aliphatic heterocycles. The highest BCUT2D eigenvalue weighted by Crippen LogP contribution is 2.42. The summed E-state index contributed by atoms with van der Waals surface area (Å²) in [5.41, 5.74) is 4.07. The number of ether oxygens (including phenoxy) is 2. The Morgan fingerprint density at radius 2 is 1.53 bits per heavy atom. The van der Waals surface area contributed by atoms with Gasteiger partial charge in [0, 0.05) is 48.9 Å². The first-order chi connectivity index (χ1) is 27.6. The van der Waals surface area contributed by atoms with E-state index in [2.05, 4.69) is 4.98 Å². The van der Waals surface area contributed by atoms with Crippen LogP contribution in [-0.4, -0.2) is 75.6 Å². The van der Waals surface area contributed by atoms with Gasteiger partial charge in [-0.1, -0.05) is 24.3 Å². The Morgan fingerprint density at radius 1 is 0.897 bits per heavy atom. The molecule has 2 saturated heterocycles. The maximum absolute atomic E-state index is 14.4. The van der Waals surface area contributed by atoms with E-state index in [1.54, 1.807) is 41.3 Å². The summed E-state index contributed by atoms with van der Waals surface area (Å²) >= 11 is 0. The van der Waals surface area contributed by atoms with Crippen LogP contribution in [0.3, 0.4) is 0 Å². The molecule has 4 heterocycles. The van der Waals surface area contributed by atoms with E-state index in [0.29, 0.717) is 65.8 Å². The van der Waals surface area contributed by atoms with E-state index in [4.69, 9.17) is 23.3 Å². The molecule has 6 aromatic rings. The molecule has 16 heteroatoms. The lowest BCUT2D eigenvalue weighted by molar-refractivity contribution is -0.142. The number of aliphatic carboxylic acids is 1. The zero-order valence-electron chi connectivity index (χ0n) is 31.6. The number of carboxylic acid groups (broad SMARTS) is 1. The summed E-state index contributed by atoms with van der Waals surface area (Å²) in [6.07, 6.45) is -5.36. The van der Waals surface area contributed by atoms with Crippen LogP contribution in [0.4, 0.5) is 26.3 Å². The number of benzene rings is 4. The summed E-state index contributed by atoms with van der Waals surface area (Å²) in [6.45, 7) is 3.39. The smallest absolute Gasteiger partial charge is 0.420 e. The van der Waals surface area contributed by atoms with Crippen molar-refractivity contribution < 1.29 is 54.6 Å². The molecule has 0 bridgehead atoms. The number of rotatable bonds is 12. The predicted molar refractivity (Wildman–Crippen MR) is 201 cm³/mol. The van der Waals surface area contributed by atoms with Gasteiger partial charge in [-0.25, -0.2) is 14.4 Å². The Bertz CT molecular complexity index is 2510. The average molecular weight is 809 g/mol. The third-order valence-electron chi connectivity index (χ3n) is 10.8. The van der Waals surface area contributed by atoms with E-state index in [-0.39, 0.29) is 53.4 Å². The fourth-order valence-corrected chi connectivity index (χ4v) is 8.04. The highest BCUT2D eigenvalue weighted by atomic mass is 19.4. The molecule has 1 unspecified atom stereocenters. The minimum atomic E-state index is -4.72. The molecule has 304 valence electrons. The van der Waals surface area contributed by atoms with Crippen LogP contribution in [0.2, 0.25) is 0 Å². The largest absolute Gasteiger partial charge is 0.480 e. The molecular formula is C42H38F6N4O6. The maximum Gasteiger partial charge on any atom is 0.420 e. The summed E-state index contributed by atoms with van der Waals surface area (Å²) in [7, 11) is 0. The summed E-state index contributed by atoms with van der Waals surface area (Å²) in [5.74, 6) is -0.898. The van der Waals surface area contributed by atoms with Gasteiger partial charge in [0.1, 0.15) is 28.4 Å². The lowest BCUT2D eigenvalue weighted by Gasteiger charge is -2.39. The molecule has 0 amide bonds. The van der Waals surface area contributed by atoms with Gasteiger partial charge in [0.2, 0.25) is 11.8 Å². The van der Waals surface area contributed by atoms with Crippen LogP contribution in [0, 0.1) is 13.8 Å². The summed E-state index contributed by atoms with van der Waals surface area (Å²) in [4.78, 5) is 24.6. The number of hydrogen-bond acceptors (Lipinski definition) is 9.